The summed E-state index contributed by atoms with van der Waals surface area (Å²) in [4.78, 5) is 24.3. The molecule has 1 aliphatic heterocycles. The van der Waals surface area contributed by atoms with Gasteiger partial charge in [-0.25, -0.2) is 9.59 Å². The lowest BCUT2D eigenvalue weighted by Gasteiger charge is -2.32. The highest BCUT2D eigenvalue weighted by Crippen LogP contribution is 2.54. The van der Waals surface area contributed by atoms with Crippen LogP contribution in [-0.4, -0.2) is 40.8 Å². The van der Waals surface area contributed by atoms with E-state index >= 15 is 0 Å². The van der Waals surface area contributed by atoms with Gasteiger partial charge in [-0.1, -0.05) is 12.7 Å². The molecule has 2 aliphatic rings. The SMILES string of the molecule is C=CCOC(=O)N1CCCC2CC21C(=O)O. The molecule has 16 heavy (non-hydrogen) atoms. The summed E-state index contributed by atoms with van der Waals surface area (Å²) >= 11 is 0. The van der Waals surface area contributed by atoms with Crippen molar-refractivity contribution in [3.63, 3.8) is 0 Å². The molecule has 0 aromatic carbocycles. The van der Waals surface area contributed by atoms with E-state index in [9.17, 15) is 14.7 Å². The Labute approximate surface area is 93.7 Å². The van der Waals surface area contributed by atoms with Crippen molar-refractivity contribution in [2.45, 2.75) is 24.8 Å². The molecule has 0 radical (unpaired) electrons. The summed E-state index contributed by atoms with van der Waals surface area (Å²) in [6.07, 6.45) is 3.23. The van der Waals surface area contributed by atoms with Crippen LogP contribution in [0, 0.1) is 5.92 Å². The first kappa shape index (κ1) is 11.0. The molecule has 0 aromatic rings. The van der Waals surface area contributed by atoms with Crippen LogP contribution in [0.3, 0.4) is 0 Å². The fourth-order valence-electron chi connectivity index (χ4n) is 2.52. The molecule has 1 heterocycles. The highest BCUT2D eigenvalue weighted by Gasteiger charge is 2.67. The Morgan fingerprint density at radius 1 is 1.62 bits per heavy atom. The van der Waals surface area contributed by atoms with Crippen molar-refractivity contribution in [1.82, 2.24) is 4.90 Å². The van der Waals surface area contributed by atoms with E-state index in [0.717, 1.165) is 12.8 Å². The summed E-state index contributed by atoms with van der Waals surface area (Å²) in [7, 11) is 0. The zero-order chi connectivity index (χ0) is 11.8. The number of hydrogen-bond donors (Lipinski definition) is 1. The number of fused-ring (bicyclic) bond motifs is 1. The Balaban J connectivity index is 2.10. The van der Waals surface area contributed by atoms with Crippen molar-refractivity contribution in [3.05, 3.63) is 12.7 Å². The van der Waals surface area contributed by atoms with E-state index in [0.29, 0.717) is 13.0 Å². The second-order valence-corrected chi connectivity index (χ2v) is 4.29. The van der Waals surface area contributed by atoms with Crippen LogP contribution in [-0.2, 0) is 9.53 Å². The molecular formula is C11H15NO4. The van der Waals surface area contributed by atoms with Gasteiger partial charge in [0.05, 0.1) is 0 Å². The fourth-order valence-corrected chi connectivity index (χ4v) is 2.52. The zero-order valence-corrected chi connectivity index (χ0v) is 9.02. The van der Waals surface area contributed by atoms with Gasteiger partial charge < -0.3 is 9.84 Å². The number of likely N-dealkylation sites (tertiary alicyclic amines) is 1. The van der Waals surface area contributed by atoms with E-state index in [1.54, 1.807) is 0 Å². The highest BCUT2D eigenvalue weighted by molar-refractivity contribution is 5.88. The molecular weight excluding hydrogens is 210 g/mol. The van der Waals surface area contributed by atoms with Gasteiger partial charge in [-0.3, -0.25) is 4.90 Å². The predicted molar refractivity (Wildman–Crippen MR) is 56.0 cm³/mol. The van der Waals surface area contributed by atoms with Crippen LogP contribution in [0.2, 0.25) is 0 Å². The average molecular weight is 225 g/mol. The van der Waals surface area contributed by atoms with E-state index in [1.165, 1.54) is 11.0 Å². The summed E-state index contributed by atoms with van der Waals surface area (Å²) < 4.78 is 4.91. The minimum Gasteiger partial charge on any atom is -0.479 e. The van der Waals surface area contributed by atoms with Crippen LogP contribution in [0.25, 0.3) is 0 Å². The molecule has 1 saturated carbocycles. The first-order valence-electron chi connectivity index (χ1n) is 5.41. The second-order valence-electron chi connectivity index (χ2n) is 4.29. The van der Waals surface area contributed by atoms with Crippen LogP contribution in [0.5, 0.6) is 0 Å². The van der Waals surface area contributed by atoms with Gasteiger partial charge in [0.2, 0.25) is 0 Å². The summed E-state index contributed by atoms with van der Waals surface area (Å²) in [6.45, 7) is 4.04. The van der Waals surface area contributed by atoms with Gasteiger partial charge in [-0.15, -0.1) is 0 Å². The predicted octanol–water partition coefficient (Wildman–Crippen LogP) is 1.25. The van der Waals surface area contributed by atoms with Gasteiger partial charge in [0.1, 0.15) is 12.1 Å². The molecule has 1 N–H and O–H groups in total. The number of piperidine rings is 1. The van der Waals surface area contributed by atoms with Gasteiger partial charge in [-0.05, 0) is 25.2 Å². The molecule has 5 heteroatoms. The molecule has 1 saturated heterocycles. The quantitative estimate of drug-likeness (QED) is 0.734. The Morgan fingerprint density at radius 3 is 3.00 bits per heavy atom. The van der Waals surface area contributed by atoms with Gasteiger partial charge in [-0.2, -0.15) is 0 Å². The Bertz CT molecular complexity index is 341. The molecule has 2 unspecified atom stereocenters. The number of aliphatic carboxylic acids is 1. The van der Waals surface area contributed by atoms with Gasteiger partial charge >= 0.3 is 12.1 Å². The minimum absolute atomic E-state index is 0.107. The largest absolute Gasteiger partial charge is 0.479 e. The van der Waals surface area contributed by atoms with Crippen LogP contribution in [0.4, 0.5) is 4.79 Å². The lowest BCUT2D eigenvalue weighted by atomic mass is 10.0. The van der Waals surface area contributed by atoms with Gasteiger partial charge in [0.25, 0.3) is 0 Å². The Hall–Kier alpha value is -1.52. The van der Waals surface area contributed by atoms with Crippen molar-refractivity contribution in [1.29, 1.82) is 0 Å². The van der Waals surface area contributed by atoms with E-state index in [2.05, 4.69) is 6.58 Å². The maximum Gasteiger partial charge on any atom is 0.411 e. The number of carboxylic acid groups (broad SMARTS) is 1. The molecule has 0 bridgehead atoms. The first-order chi connectivity index (χ1) is 7.63. The Morgan fingerprint density at radius 2 is 2.38 bits per heavy atom. The molecule has 0 spiro atoms. The maximum absolute atomic E-state index is 11.7. The van der Waals surface area contributed by atoms with Crippen LogP contribution < -0.4 is 0 Å². The number of amides is 1. The number of carbonyl (C=O) groups is 2. The minimum atomic E-state index is -0.976. The molecule has 1 aliphatic carbocycles. The average Bonchev–Trinajstić information content (AvgIpc) is 3.00. The number of carbonyl (C=O) groups excluding carboxylic acids is 1. The zero-order valence-electron chi connectivity index (χ0n) is 9.02. The molecule has 1 amide bonds. The van der Waals surface area contributed by atoms with Crippen molar-refractivity contribution in [2.75, 3.05) is 13.2 Å². The number of hydrogen-bond acceptors (Lipinski definition) is 3. The van der Waals surface area contributed by atoms with E-state index in [-0.39, 0.29) is 12.5 Å². The number of ether oxygens (including phenoxy) is 1. The highest BCUT2D eigenvalue weighted by atomic mass is 16.6. The second kappa shape index (κ2) is 3.81. The van der Waals surface area contributed by atoms with Gasteiger partial charge in [0.15, 0.2) is 0 Å². The van der Waals surface area contributed by atoms with Crippen molar-refractivity contribution >= 4 is 12.1 Å². The maximum atomic E-state index is 11.7. The molecule has 88 valence electrons. The molecule has 5 nitrogen and oxygen atoms in total. The Kier molecular flexibility index (Phi) is 2.61. The standard InChI is InChI=1S/C11H15NO4/c1-2-6-16-10(15)12-5-3-4-8-7-11(8,12)9(13)14/h2,8H,1,3-7H2,(H,13,14). The molecule has 2 atom stereocenters. The van der Waals surface area contributed by atoms with E-state index < -0.39 is 17.6 Å². The number of carboxylic acids is 1. The van der Waals surface area contributed by atoms with E-state index in [1.807, 2.05) is 0 Å². The fraction of sp³-hybridized carbons (Fsp3) is 0.636. The molecule has 2 fully saturated rings. The monoisotopic (exact) mass is 225 g/mol. The lowest BCUT2D eigenvalue weighted by molar-refractivity contribution is -0.146. The summed E-state index contributed by atoms with van der Waals surface area (Å²) in [5, 5.41) is 9.21. The van der Waals surface area contributed by atoms with Crippen molar-refractivity contribution in [3.8, 4) is 0 Å². The summed E-state index contributed by atoms with van der Waals surface area (Å²) in [6, 6.07) is 0. The van der Waals surface area contributed by atoms with Crippen molar-refractivity contribution < 1.29 is 19.4 Å². The van der Waals surface area contributed by atoms with Crippen LogP contribution >= 0.6 is 0 Å². The smallest absolute Gasteiger partial charge is 0.411 e. The van der Waals surface area contributed by atoms with Crippen LogP contribution in [0.1, 0.15) is 19.3 Å². The van der Waals surface area contributed by atoms with Gasteiger partial charge in [0, 0.05) is 6.54 Å². The molecule has 0 aromatic heterocycles. The number of nitrogens with zero attached hydrogens (tertiary/aromatic N) is 1. The summed E-state index contributed by atoms with van der Waals surface area (Å²) in [5.74, 6) is -0.803. The topological polar surface area (TPSA) is 66.8 Å². The van der Waals surface area contributed by atoms with Crippen molar-refractivity contribution in [2.24, 2.45) is 5.92 Å². The number of rotatable bonds is 3. The summed E-state index contributed by atoms with van der Waals surface area (Å²) in [5.41, 5.74) is -0.976. The normalized spacial score (nSPS) is 31.5. The lowest BCUT2D eigenvalue weighted by Crippen LogP contribution is -2.51. The van der Waals surface area contributed by atoms with Crippen LogP contribution in [0.15, 0.2) is 12.7 Å². The van der Waals surface area contributed by atoms with E-state index in [4.69, 9.17) is 4.74 Å². The third kappa shape index (κ3) is 1.47. The third-order valence-corrected chi connectivity index (χ3v) is 3.40. The first-order valence-corrected chi connectivity index (χ1v) is 5.41. The molecule has 2 rings (SSSR count). The third-order valence-electron chi connectivity index (χ3n) is 3.40.